The lowest BCUT2D eigenvalue weighted by Crippen LogP contribution is -2.27. The van der Waals surface area contributed by atoms with Gasteiger partial charge in [-0.2, -0.15) is 0 Å². The fourth-order valence-corrected chi connectivity index (χ4v) is 4.21. The molecule has 2 heterocycles. The number of fused-ring (bicyclic) bond motifs is 1. The van der Waals surface area contributed by atoms with E-state index in [4.69, 9.17) is 0 Å². The van der Waals surface area contributed by atoms with Crippen LogP contribution in [0.5, 0.6) is 0 Å². The van der Waals surface area contributed by atoms with Crippen LogP contribution in [0.2, 0.25) is 0 Å². The van der Waals surface area contributed by atoms with Gasteiger partial charge in [0.25, 0.3) is 0 Å². The third-order valence-corrected chi connectivity index (χ3v) is 5.58. The lowest BCUT2D eigenvalue weighted by Gasteiger charge is -2.20. The van der Waals surface area contributed by atoms with Gasteiger partial charge in [0.15, 0.2) is 11.6 Å². The Bertz CT molecular complexity index is 959. The van der Waals surface area contributed by atoms with Gasteiger partial charge in [-0.15, -0.1) is 11.3 Å². The van der Waals surface area contributed by atoms with Crippen molar-refractivity contribution in [2.75, 3.05) is 5.32 Å². The van der Waals surface area contributed by atoms with E-state index in [2.05, 4.69) is 15.3 Å². The zero-order valence-corrected chi connectivity index (χ0v) is 14.5. The summed E-state index contributed by atoms with van der Waals surface area (Å²) in [6.07, 6.45) is 5.50. The van der Waals surface area contributed by atoms with Crippen molar-refractivity contribution in [3.8, 4) is 10.6 Å². The van der Waals surface area contributed by atoms with Crippen LogP contribution in [0.4, 0.5) is 14.5 Å². The molecule has 0 fully saturated rings. The molecular weight excluding hydrogens is 356 g/mol. The quantitative estimate of drug-likeness (QED) is 0.750. The predicted molar refractivity (Wildman–Crippen MR) is 95.8 cm³/mol. The van der Waals surface area contributed by atoms with E-state index in [0.29, 0.717) is 12.8 Å². The van der Waals surface area contributed by atoms with Crippen molar-refractivity contribution < 1.29 is 13.6 Å². The summed E-state index contributed by atoms with van der Waals surface area (Å²) in [6, 6.07) is 7.19. The molecule has 0 saturated heterocycles. The van der Waals surface area contributed by atoms with E-state index < -0.39 is 11.6 Å². The lowest BCUT2D eigenvalue weighted by atomic mass is 9.90. The van der Waals surface area contributed by atoms with E-state index in [9.17, 15) is 13.6 Å². The zero-order valence-electron chi connectivity index (χ0n) is 13.7. The fourth-order valence-electron chi connectivity index (χ4n) is 3.03. The van der Waals surface area contributed by atoms with Gasteiger partial charge in [-0.3, -0.25) is 9.78 Å². The van der Waals surface area contributed by atoms with Crippen molar-refractivity contribution in [1.29, 1.82) is 0 Å². The molecule has 0 bridgehead atoms. The van der Waals surface area contributed by atoms with Crippen LogP contribution in [0.3, 0.4) is 0 Å². The van der Waals surface area contributed by atoms with E-state index in [0.717, 1.165) is 39.7 Å². The molecule has 1 N–H and O–H groups in total. The van der Waals surface area contributed by atoms with E-state index in [1.807, 2.05) is 12.1 Å². The molecular formula is C19H15F2N3OS. The average Bonchev–Trinajstić information content (AvgIpc) is 3.09. The van der Waals surface area contributed by atoms with E-state index in [1.165, 1.54) is 6.07 Å². The Morgan fingerprint density at radius 3 is 2.88 bits per heavy atom. The Morgan fingerprint density at radius 1 is 1.23 bits per heavy atom. The molecule has 2 aromatic heterocycles. The number of nitrogens with zero attached hydrogens (tertiary/aromatic N) is 2. The first-order valence-electron chi connectivity index (χ1n) is 8.25. The second-order valence-corrected chi connectivity index (χ2v) is 7.27. The summed E-state index contributed by atoms with van der Waals surface area (Å²) >= 11 is 1.58. The average molecular weight is 371 g/mol. The van der Waals surface area contributed by atoms with Crippen LogP contribution >= 0.6 is 11.3 Å². The Hall–Kier alpha value is -2.67. The highest BCUT2D eigenvalue weighted by Gasteiger charge is 2.28. The fraction of sp³-hybridized carbons (Fsp3) is 0.211. The molecule has 4 rings (SSSR count). The largest absolute Gasteiger partial charge is 0.326 e. The molecule has 3 aromatic rings. The van der Waals surface area contributed by atoms with Gasteiger partial charge in [-0.05, 0) is 43.5 Å². The van der Waals surface area contributed by atoms with Gasteiger partial charge in [-0.1, -0.05) is 0 Å². The van der Waals surface area contributed by atoms with Gasteiger partial charge in [0.05, 0.1) is 5.69 Å². The second-order valence-electron chi connectivity index (χ2n) is 6.19. The minimum absolute atomic E-state index is 0.182. The summed E-state index contributed by atoms with van der Waals surface area (Å²) < 4.78 is 26.3. The van der Waals surface area contributed by atoms with Crippen LogP contribution in [-0.4, -0.2) is 15.9 Å². The first kappa shape index (κ1) is 16.8. The number of halogens is 2. The predicted octanol–water partition coefficient (Wildman–Crippen LogP) is 4.23. The number of benzene rings is 1. The molecule has 1 unspecified atom stereocenters. The highest BCUT2D eigenvalue weighted by molar-refractivity contribution is 7.15. The maximum Gasteiger partial charge on any atom is 0.227 e. The number of aryl methyl sites for hydroxylation is 1. The van der Waals surface area contributed by atoms with Gasteiger partial charge in [0.1, 0.15) is 5.01 Å². The van der Waals surface area contributed by atoms with E-state index >= 15 is 0 Å². The van der Waals surface area contributed by atoms with Gasteiger partial charge < -0.3 is 5.32 Å². The number of anilines is 1. The van der Waals surface area contributed by atoms with Gasteiger partial charge >= 0.3 is 0 Å². The molecule has 0 spiro atoms. The lowest BCUT2D eigenvalue weighted by molar-refractivity contribution is -0.120. The van der Waals surface area contributed by atoms with Crippen LogP contribution in [-0.2, 0) is 17.6 Å². The number of thiazole rings is 1. The first-order chi connectivity index (χ1) is 12.6. The summed E-state index contributed by atoms with van der Waals surface area (Å²) in [7, 11) is 0. The van der Waals surface area contributed by atoms with Crippen LogP contribution in [0.25, 0.3) is 10.6 Å². The normalized spacial score (nSPS) is 16.2. The monoisotopic (exact) mass is 371 g/mol. The zero-order chi connectivity index (χ0) is 18.1. The number of carbonyl (C=O) groups excluding carboxylic acids is 1. The SMILES string of the molecule is O=C(Nc1ccc(F)c(F)c1)C1CCc2nc(-c3cccnc3)sc2C1. The van der Waals surface area contributed by atoms with Crippen molar-refractivity contribution in [1.82, 2.24) is 9.97 Å². The number of rotatable bonds is 3. The van der Waals surface area contributed by atoms with Crippen molar-refractivity contribution >= 4 is 22.9 Å². The molecule has 0 aliphatic heterocycles. The highest BCUT2D eigenvalue weighted by Crippen LogP contribution is 2.34. The summed E-state index contributed by atoms with van der Waals surface area (Å²) in [4.78, 5) is 22.4. The van der Waals surface area contributed by atoms with E-state index in [1.54, 1.807) is 23.7 Å². The topological polar surface area (TPSA) is 54.9 Å². The van der Waals surface area contributed by atoms with Crippen molar-refractivity contribution in [2.24, 2.45) is 5.92 Å². The number of pyridine rings is 1. The molecule has 0 saturated carbocycles. The molecule has 26 heavy (non-hydrogen) atoms. The molecule has 4 nitrogen and oxygen atoms in total. The minimum atomic E-state index is -0.975. The van der Waals surface area contributed by atoms with Crippen LogP contribution < -0.4 is 5.32 Å². The molecule has 7 heteroatoms. The maximum atomic E-state index is 13.3. The Balaban J connectivity index is 1.48. The molecule has 1 aliphatic carbocycles. The maximum absolute atomic E-state index is 13.3. The molecule has 0 radical (unpaired) electrons. The second kappa shape index (κ2) is 6.92. The summed E-state index contributed by atoms with van der Waals surface area (Å²) in [5.41, 5.74) is 2.26. The third kappa shape index (κ3) is 3.35. The van der Waals surface area contributed by atoms with Gasteiger partial charge in [0.2, 0.25) is 5.91 Å². The third-order valence-electron chi connectivity index (χ3n) is 4.41. The van der Waals surface area contributed by atoms with Gasteiger partial charge in [-0.25, -0.2) is 13.8 Å². The molecule has 1 aliphatic rings. The highest BCUT2D eigenvalue weighted by atomic mass is 32.1. The van der Waals surface area contributed by atoms with Crippen molar-refractivity contribution in [2.45, 2.75) is 19.3 Å². The van der Waals surface area contributed by atoms with Crippen LogP contribution in [0.15, 0.2) is 42.7 Å². The van der Waals surface area contributed by atoms with Gasteiger partial charge in [0, 0.05) is 40.5 Å². The molecule has 1 aromatic carbocycles. The van der Waals surface area contributed by atoms with Crippen LogP contribution in [0, 0.1) is 17.6 Å². The molecule has 1 atom stereocenters. The summed E-state index contributed by atoms with van der Waals surface area (Å²) in [6.45, 7) is 0. The number of hydrogen-bond acceptors (Lipinski definition) is 4. The number of hydrogen-bond donors (Lipinski definition) is 1. The van der Waals surface area contributed by atoms with E-state index in [-0.39, 0.29) is 17.5 Å². The molecule has 132 valence electrons. The minimum Gasteiger partial charge on any atom is -0.326 e. The summed E-state index contributed by atoms with van der Waals surface area (Å²) in [5, 5.41) is 3.58. The standard InChI is InChI=1S/C19H15F2N3OS/c20-14-5-4-13(9-15(14)21)23-18(25)11-3-6-16-17(8-11)26-19(24-16)12-2-1-7-22-10-12/h1-2,4-5,7,9-11H,3,6,8H2,(H,23,25). The Morgan fingerprint density at radius 2 is 2.12 bits per heavy atom. The Kier molecular flexibility index (Phi) is 4.46. The number of carbonyl (C=O) groups is 1. The summed E-state index contributed by atoms with van der Waals surface area (Å²) in [5.74, 6) is -2.30. The number of nitrogens with one attached hydrogen (secondary N) is 1. The smallest absolute Gasteiger partial charge is 0.227 e. The first-order valence-corrected chi connectivity index (χ1v) is 9.06. The van der Waals surface area contributed by atoms with Crippen molar-refractivity contribution in [3.63, 3.8) is 0 Å². The number of amides is 1. The van der Waals surface area contributed by atoms with Crippen molar-refractivity contribution in [3.05, 3.63) is 64.9 Å². The Labute approximate surface area is 152 Å². The molecule has 1 amide bonds. The van der Waals surface area contributed by atoms with Crippen LogP contribution in [0.1, 0.15) is 17.0 Å². The number of aromatic nitrogens is 2.